The number of rotatable bonds is 5. The largest absolute Gasteiger partial charge is 0.373 e. The van der Waals surface area contributed by atoms with Gasteiger partial charge in [-0.1, -0.05) is 0 Å². The number of nitrogens with one attached hydrogen (secondary N) is 1. The number of anilines is 1. The summed E-state index contributed by atoms with van der Waals surface area (Å²) in [5.41, 5.74) is 2.75. The molecular formula is C15H25N3. The summed E-state index contributed by atoms with van der Waals surface area (Å²) in [6.45, 7) is 8.65. The molecule has 0 saturated heterocycles. The van der Waals surface area contributed by atoms with Crippen molar-refractivity contribution in [1.82, 2.24) is 10.3 Å². The summed E-state index contributed by atoms with van der Waals surface area (Å²) in [5.74, 6) is 0.902. The van der Waals surface area contributed by atoms with Gasteiger partial charge in [-0.05, 0) is 51.2 Å². The Labute approximate surface area is 111 Å². The van der Waals surface area contributed by atoms with Crippen LogP contribution >= 0.6 is 0 Å². The topological polar surface area (TPSA) is 28.2 Å². The van der Waals surface area contributed by atoms with Crippen LogP contribution in [0.5, 0.6) is 0 Å². The lowest BCUT2D eigenvalue weighted by atomic mass is 10.1. The molecule has 0 amide bonds. The fourth-order valence-corrected chi connectivity index (χ4v) is 2.05. The molecule has 0 radical (unpaired) electrons. The predicted molar refractivity (Wildman–Crippen MR) is 76.8 cm³/mol. The minimum Gasteiger partial charge on any atom is -0.373 e. The lowest BCUT2D eigenvalue weighted by molar-refractivity contribution is 0.424. The monoisotopic (exact) mass is 247 g/mol. The van der Waals surface area contributed by atoms with E-state index in [0.717, 1.165) is 19.0 Å². The molecular weight excluding hydrogens is 222 g/mol. The first kappa shape index (κ1) is 13.3. The minimum atomic E-state index is 0.148. The van der Waals surface area contributed by atoms with E-state index in [1.807, 2.05) is 12.4 Å². The summed E-state index contributed by atoms with van der Waals surface area (Å²) in [5, 5.41) is 3.55. The molecule has 0 aliphatic heterocycles. The molecule has 1 heterocycles. The predicted octanol–water partition coefficient (Wildman–Crippen LogP) is 2.82. The van der Waals surface area contributed by atoms with E-state index in [1.165, 1.54) is 24.1 Å². The van der Waals surface area contributed by atoms with Gasteiger partial charge in [0.15, 0.2) is 0 Å². The van der Waals surface area contributed by atoms with Crippen molar-refractivity contribution in [2.45, 2.75) is 45.7 Å². The molecule has 1 aliphatic carbocycles. The van der Waals surface area contributed by atoms with Gasteiger partial charge in [0.2, 0.25) is 0 Å². The van der Waals surface area contributed by atoms with Gasteiger partial charge in [-0.15, -0.1) is 0 Å². The molecule has 3 heteroatoms. The molecule has 1 aromatic rings. The zero-order valence-corrected chi connectivity index (χ0v) is 12.0. The van der Waals surface area contributed by atoms with Crippen LogP contribution in [0.3, 0.4) is 0 Å². The van der Waals surface area contributed by atoms with Gasteiger partial charge in [0.05, 0.1) is 11.9 Å². The first-order valence-corrected chi connectivity index (χ1v) is 6.85. The molecule has 0 atom stereocenters. The molecule has 100 valence electrons. The highest BCUT2D eigenvalue weighted by Gasteiger charge is 2.23. The van der Waals surface area contributed by atoms with Crippen LogP contribution in [0, 0.1) is 5.92 Å². The number of nitrogens with zero attached hydrogens (tertiary/aromatic N) is 2. The fraction of sp³-hybridized carbons (Fsp3) is 0.667. The molecule has 1 fully saturated rings. The molecule has 1 N–H and O–H groups in total. The van der Waals surface area contributed by atoms with Crippen molar-refractivity contribution in [3.8, 4) is 0 Å². The number of pyridine rings is 1. The molecule has 0 bridgehead atoms. The highest BCUT2D eigenvalue weighted by Crippen LogP contribution is 2.31. The highest BCUT2D eigenvalue weighted by atomic mass is 15.1. The maximum Gasteiger partial charge on any atom is 0.0595 e. The zero-order valence-electron chi connectivity index (χ0n) is 12.0. The Morgan fingerprint density at radius 3 is 2.72 bits per heavy atom. The van der Waals surface area contributed by atoms with Gasteiger partial charge < -0.3 is 10.2 Å². The molecule has 3 nitrogen and oxygen atoms in total. The Balaban J connectivity index is 2.04. The maximum absolute atomic E-state index is 4.27. The van der Waals surface area contributed by atoms with Crippen LogP contribution in [0.15, 0.2) is 18.5 Å². The molecule has 1 aliphatic rings. The van der Waals surface area contributed by atoms with E-state index in [0.29, 0.717) is 0 Å². The standard InChI is InChI=1S/C15H25N3/c1-15(2,3)17-9-13-7-8-16-10-14(13)18(4)11-12-5-6-12/h7-8,10,12,17H,5-6,9,11H2,1-4H3. The van der Waals surface area contributed by atoms with Gasteiger partial charge in [0.1, 0.15) is 0 Å². The van der Waals surface area contributed by atoms with E-state index in [9.17, 15) is 0 Å². The molecule has 2 rings (SSSR count). The normalized spacial score (nSPS) is 15.8. The highest BCUT2D eigenvalue weighted by molar-refractivity contribution is 5.51. The Morgan fingerprint density at radius 2 is 2.11 bits per heavy atom. The van der Waals surface area contributed by atoms with Gasteiger partial charge in [-0.25, -0.2) is 0 Å². The van der Waals surface area contributed by atoms with Gasteiger partial charge in [0.25, 0.3) is 0 Å². The third kappa shape index (κ3) is 3.98. The van der Waals surface area contributed by atoms with Crippen LogP contribution in [0.2, 0.25) is 0 Å². The first-order valence-electron chi connectivity index (χ1n) is 6.85. The third-order valence-electron chi connectivity index (χ3n) is 3.34. The van der Waals surface area contributed by atoms with Crippen LogP contribution in [0.25, 0.3) is 0 Å². The molecule has 0 aromatic carbocycles. The Kier molecular flexibility index (Phi) is 3.91. The van der Waals surface area contributed by atoms with E-state index in [4.69, 9.17) is 0 Å². The van der Waals surface area contributed by atoms with E-state index >= 15 is 0 Å². The van der Waals surface area contributed by atoms with Crippen molar-refractivity contribution in [1.29, 1.82) is 0 Å². The Morgan fingerprint density at radius 1 is 1.39 bits per heavy atom. The number of hydrogen-bond acceptors (Lipinski definition) is 3. The summed E-state index contributed by atoms with van der Waals surface area (Å²) >= 11 is 0. The zero-order chi connectivity index (χ0) is 13.2. The van der Waals surface area contributed by atoms with Crippen molar-refractivity contribution < 1.29 is 0 Å². The Bertz CT molecular complexity index is 391. The second-order valence-corrected chi connectivity index (χ2v) is 6.43. The van der Waals surface area contributed by atoms with Crippen LogP contribution in [-0.4, -0.2) is 24.1 Å². The fourth-order valence-electron chi connectivity index (χ4n) is 2.05. The quantitative estimate of drug-likeness (QED) is 0.867. The SMILES string of the molecule is CN(CC1CC1)c1cnccc1CNC(C)(C)C. The lowest BCUT2D eigenvalue weighted by Gasteiger charge is -2.25. The van der Waals surface area contributed by atoms with E-state index < -0.39 is 0 Å². The number of hydrogen-bond donors (Lipinski definition) is 1. The van der Waals surface area contributed by atoms with Crippen molar-refractivity contribution in [3.63, 3.8) is 0 Å². The van der Waals surface area contributed by atoms with Gasteiger partial charge in [-0.3, -0.25) is 4.98 Å². The lowest BCUT2D eigenvalue weighted by Crippen LogP contribution is -2.35. The van der Waals surface area contributed by atoms with E-state index in [-0.39, 0.29) is 5.54 Å². The number of aromatic nitrogens is 1. The van der Waals surface area contributed by atoms with Gasteiger partial charge in [0, 0.05) is 31.9 Å². The third-order valence-corrected chi connectivity index (χ3v) is 3.34. The van der Waals surface area contributed by atoms with Crippen molar-refractivity contribution in [2.24, 2.45) is 5.92 Å². The summed E-state index contributed by atoms with van der Waals surface area (Å²) in [6, 6.07) is 2.12. The van der Waals surface area contributed by atoms with Crippen LogP contribution in [-0.2, 0) is 6.54 Å². The first-order chi connectivity index (χ1) is 8.46. The minimum absolute atomic E-state index is 0.148. The van der Waals surface area contributed by atoms with Crippen LogP contribution in [0.1, 0.15) is 39.2 Å². The molecule has 0 spiro atoms. The molecule has 1 aromatic heterocycles. The molecule has 1 saturated carbocycles. The Hall–Kier alpha value is -1.09. The maximum atomic E-state index is 4.27. The summed E-state index contributed by atoms with van der Waals surface area (Å²) < 4.78 is 0. The van der Waals surface area contributed by atoms with Crippen molar-refractivity contribution >= 4 is 5.69 Å². The van der Waals surface area contributed by atoms with E-state index in [2.05, 4.69) is 49.1 Å². The average Bonchev–Trinajstić information content (AvgIpc) is 3.09. The second kappa shape index (κ2) is 5.27. The summed E-state index contributed by atoms with van der Waals surface area (Å²) in [4.78, 5) is 6.62. The van der Waals surface area contributed by atoms with Crippen LogP contribution < -0.4 is 10.2 Å². The van der Waals surface area contributed by atoms with Gasteiger partial charge >= 0.3 is 0 Å². The molecule has 18 heavy (non-hydrogen) atoms. The summed E-state index contributed by atoms with van der Waals surface area (Å²) in [6.07, 6.45) is 6.65. The van der Waals surface area contributed by atoms with E-state index in [1.54, 1.807) is 0 Å². The molecule has 0 unspecified atom stereocenters. The van der Waals surface area contributed by atoms with Gasteiger partial charge in [-0.2, -0.15) is 0 Å². The van der Waals surface area contributed by atoms with Crippen molar-refractivity contribution in [3.05, 3.63) is 24.0 Å². The van der Waals surface area contributed by atoms with Crippen molar-refractivity contribution in [2.75, 3.05) is 18.5 Å². The smallest absolute Gasteiger partial charge is 0.0595 e. The summed E-state index contributed by atoms with van der Waals surface area (Å²) in [7, 11) is 2.18. The average molecular weight is 247 g/mol. The van der Waals surface area contributed by atoms with Crippen LogP contribution in [0.4, 0.5) is 5.69 Å². The second-order valence-electron chi connectivity index (χ2n) is 6.43.